The molecule has 1 fully saturated rings. The molecule has 0 unspecified atom stereocenters. The number of hydrogen-bond donors (Lipinski definition) is 0. The van der Waals surface area contributed by atoms with E-state index in [9.17, 15) is 4.79 Å². The molecule has 0 amide bonds. The SMILES string of the molecule is O=c1cc2c(nn1CC1CN(Cc3cn4ccsc4n3)C1)CCC2. The zero-order valence-electron chi connectivity index (χ0n) is 13.4. The molecule has 24 heavy (non-hydrogen) atoms. The fourth-order valence-electron chi connectivity index (χ4n) is 3.82. The van der Waals surface area contributed by atoms with Gasteiger partial charge in [-0.2, -0.15) is 5.10 Å². The number of likely N-dealkylation sites (tertiary alicyclic amines) is 1. The maximum Gasteiger partial charge on any atom is 0.267 e. The van der Waals surface area contributed by atoms with Crippen LogP contribution < -0.4 is 5.56 Å². The second-order valence-electron chi connectivity index (χ2n) is 6.88. The first-order chi connectivity index (χ1) is 11.7. The molecule has 0 atom stereocenters. The average Bonchev–Trinajstić information content (AvgIpc) is 3.20. The highest BCUT2D eigenvalue weighted by molar-refractivity contribution is 7.15. The van der Waals surface area contributed by atoms with Crippen molar-refractivity contribution in [1.82, 2.24) is 24.1 Å². The van der Waals surface area contributed by atoms with Gasteiger partial charge >= 0.3 is 0 Å². The molecular weight excluding hydrogens is 322 g/mol. The van der Waals surface area contributed by atoms with Crippen molar-refractivity contribution in [2.45, 2.75) is 32.4 Å². The van der Waals surface area contributed by atoms with Crippen LogP contribution in [0.1, 0.15) is 23.4 Å². The van der Waals surface area contributed by atoms with Crippen molar-refractivity contribution in [3.05, 3.63) is 51.1 Å². The molecule has 0 saturated carbocycles. The van der Waals surface area contributed by atoms with E-state index >= 15 is 0 Å². The monoisotopic (exact) mass is 341 g/mol. The van der Waals surface area contributed by atoms with Crippen LogP contribution in [0.2, 0.25) is 0 Å². The van der Waals surface area contributed by atoms with E-state index in [0.29, 0.717) is 5.92 Å². The molecule has 1 saturated heterocycles. The first-order valence-corrected chi connectivity index (χ1v) is 9.36. The quantitative estimate of drug-likeness (QED) is 0.723. The van der Waals surface area contributed by atoms with E-state index in [-0.39, 0.29) is 5.56 Å². The Morgan fingerprint density at radius 2 is 2.21 bits per heavy atom. The van der Waals surface area contributed by atoms with E-state index in [0.717, 1.165) is 67.4 Å². The van der Waals surface area contributed by atoms with Crippen molar-refractivity contribution in [3.8, 4) is 0 Å². The van der Waals surface area contributed by atoms with Crippen LogP contribution in [0.5, 0.6) is 0 Å². The molecule has 1 aliphatic heterocycles. The summed E-state index contributed by atoms with van der Waals surface area (Å²) in [5.74, 6) is 0.512. The zero-order valence-corrected chi connectivity index (χ0v) is 14.2. The van der Waals surface area contributed by atoms with Crippen LogP contribution in [-0.4, -0.2) is 37.2 Å². The number of nitrogens with zero attached hydrogens (tertiary/aromatic N) is 5. The standard InChI is InChI=1S/C17H19N5OS/c23-16-6-13-2-1-3-15(13)19-22(16)9-12-7-20(8-12)10-14-11-21-4-5-24-17(21)18-14/h4-6,11-12H,1-3,7-10H2. The van der Waals surface area contributed by atoms with Crippen LogP contribution in [0, 0.1) is 5.92 Å². The lowest BCUT2D eigenvalue weighted by molar-refractivity contribution is 0.0754. The van der Waals surface area contributed by atoms with Crippen molar-refractivity contribution in [2.24, 2.45) is 5.92 Å². The molecular formula is C17H19N5OS. The molecule has 1 aliphatic carbocycles. The van der Waals surface area contributed by atoms with Gasteiger partial charge in [-0.25, -0.2) is 9.67 Å². The molecule has 124 valence electrons. The molecule has 6 nitrogen and oxygen atoms in total. The summed E-state index contributed by atoms with van der Waals surface area (Å²) in [4.78, 5) is 20.2. The number of hydrogen-bond acceptors (Lipinski definition) is 5. The summed E-state index contributed by atoms with van der Waals surface area (Å²) in [5, 5.41) is 6.63. The van der Waals surface area contributed by atoms with Crippen LogP contribution in [-0.2, 0) is 25.9 Å². The summed E-state index contributed by atoms with van der Waals surface area (Å²) in [6, 6.07) is 1.80. The summed E-state index contributed by atoms with van der Waals surface area (Å²) in [6.07, 6.45) is 7.31. The normalized spacial score (nSPS) is 18.2. The first kappa shape index (κ1) is 14.4. The van der Waals surface area contributed by atoms with Gasteiger partial charge in [-0.1, -0.05) is 0 Å². The maximum atomic E-state index is 12.2. The van der Waals surface area contributed by atoms with Gasteiger partial charge < -0.3 is 0 Å². The van der Waals surface area contributed by atoms with Gasteiger partial charge in [0.05, 0.1) is 17.9 Å². The maximum absolute atomic E-state index is 12.2. The summed E-state index contributed by atoms with van der Waals surface area (Å²) < 4.78 is 3.75. The lowest BCUT2D eigenvalue weighted by atomic mass is 10.00. The Kier molecular flexibility index (Phi) is 3.31. The van der Waals surface area contributed by atoms with E-state index in [4.69, 9.17) is 0 Å². The van der Waals surface area contributed by atoms with Crippen LogP contribution in [0.3, 0.4) is 0 Å². The zero-order chi connectivity index (χ0) is 16.1. The van der Waals surface area contributed by atoms with E-state index in [1.54, 1.807) is 22.1 Å². The van der Waals surface area contributed by atoms with Crippen molar-refractivity contribution in [3.63, 3.8) is 0 Å². The van der Waals surface area contributed by atoms with E-state index in [1.807, 2.05) is 11.6 Å². The summed E-state index contributed by atoms with van der Waals surface area (Å²) in [5.41, 5.74) is 3.46. The van der Waals surface area contributed by atoms with Crippen molar-refractivity contribution in [2.75, 3.05) is 13.1 Å². The number of thiazole rings is 1. The van der Waals surface area contributed by atoms with Crippen LogP contribution >= 0.6 is 11.3 Å². The Balaban J connectivity index is 1.21. The van der Waals surface area contributed by atoms with Gasteiger partial charge in [0.2, 0.25) is 0 Å². The Morgan fingerprint density at radius 1 is 1.29 bits per heavy atom. The fourth-order valence-corrected chi connectivity index (χ4v) is 4.54. The van der Waals surface area contributed by atoms with E-state index < -0.39 is 0 Å². The molecule has 0 bridgehead atoms. The highest BCUT2D eigenvalue weighted by Crippen LogP contribution is 2.22. The van der Waals surface area contributed by atoms with Gasteiger partial charge in [0.25, 0.3) is 5.56 Å². The minimum Gasteiger partial charge on any atom is -0.297 e. The minimum absolute atomic E-state index is 0.0587. The average molecular weight is 341 g/mol. The topological polar surface area (TPSA) is 55.4 Å². The van der Waals surface area contributed by atoms with E-state index in [2.05, 4.69) is 25.6 Å². The molecule has 0 N–H and O–H groups in total. The second kappa shape index (κ2) is 5.53. The summed E-state index contributed by atoms with van der Waals surface area (Å²) >= 11 is 1.66. The van der Waals surface area contributed by atoms with E-state index in [1.165, 1.54) is 0 Å². The summed E-state index contributed by atoms with van der Waals surface area (Å²) in [7, 11) is 0. The molecule has 3 aromatic heterocycles. The third-order valence-electron chi connectivity index (χ3n) is 5.02. The lowest BCUT2D eigenvalue weighted by Crippen LogP contribution is -2.49. The van der Waals surface area contributed by atoms with Crippen molar-refractivity contribution < 1.29 is 0 Å². The lowest BCUT2D eigenvalue weighted by Gasteiger charge is -2.38. The number of fused-ring (bicyclic) bond motifs is 2. The molecule has 0 radical (unpaired) electrons. The van der Waals surface area contributed by atoms with Gasteiger partial charge in [-0.05, 0) is 24.8 Å². The van der Waals surface area contributed by atoms with Gasteiger partial charge in [-0.3, -0.25) is 14.1 Å². The third-order valence-corrected chi connectivity index (χ3v) is 5.79. The fraction of sp³-hybridized carbons (Fsp3) is 0.471. The molecule has 4 heterocycles. The Hall–Kier alpha value is -1.99. The predicted octanol–water partition coefficient (Wildman–Crippen LogP) is 1.57. The van der Waals surface area contributed by atoms with Gasteiger partial charge in [-0.15, -0.1) is 11.3 Å². The molecule has 0 spiro atoms. The number of aromatic nitrogens is 4. The first-order valence-electron chi connectivity index (χ1n) is 8.48. The molecule has 3 aromatic rings. The van der Waals surface area contributed by atoms with Crippen LogP contribution in [0.4, 0.5) is 0 Å². The number of imidazole rings is 1. The van der Waals surface area contributed by atoms with Gasteiger partial charge in [0, 0.05) is 49.4 Å². The highest BCUT2D eigenvalue weighted by atomic mass is 32.1. The predicted molar refractivity (Wildman–Crippen MR) is 92.4 cm³/mol. The Morgan fingerprint density at radius 3 is 3.08 bits per heavy atom. The van der Waals surface area contributed by atoms with Crippen LogP contribution in [0.15, 0.2) is 28.6 Å². The number of aryl methyl sites for hydroxylation is 2. The highest BCUT2D eigenvalue weighted by Gasteiger charge is 2.28. The molecule has 5 rings (SSSR count). The Bertz CT molecular complexity index is 921. The minimum atomic E-state index is 0.0587. The molecule has 2 aliphatic rings. The molecule has 7 heteroatoms. The van der Waals surface area contributed by atoms with Gasteiger partial charge in [0.1, 0.15) is 0 Å². The second-order valence-corrected chi connectivity index (χ2v) is 7.75. The van der Waals surface area contributed by atoms with Crippen LogP contribution in [0.25, 0.3) is 4.96 Å². The number of rotatable bonds is 4. The van der Waals surface area contributed by atoms with Crippen molar-refractivity contribution >= 4 is 16.3 Å². The summed E-state index contributed by atoms with van der Waals surface area (Å²) in [6.45, 7) is 3.64. The smallest absolute Gasteiger partial charge is 0.267 e. The molecule has 0 aromatic carbocycles. The largest absolute Gasteiger partial charge is 0.297 e. The van der Waals surface area contributed by atoms with Crippen molar-refractivity contribution in [1.29, 1.82) is 0 Å². The Labute approximate surface area is 143 Å². The third kappa shape index (κ3) is 2.48. The van der Waals surface area contributed by atoms with Gasteiger partial charge in [0.15, 0.2) is 4.96 Å².